The molecule has 0 spiro atoms. The summed E-state index contributed by atoms with van der Waals surface area (Å²) >= 11 is 0. The molecule has 2 aromatic carbocycles. The number of para-hydroxylation sites is 1. The van der Waals surface area contributed by atoms with E-state index >= 15 is 0 Å². The molecule has 0 radical (unpaired) electrons. The largest absolute Gasteiger partial charge is 0.461 e. The molecule has 0 heterocycles. The highest BCUT2D eigenvalue weighted by Crippen LogP contribution is 2.27. The molecule has 0 bridgehead atoms. The van der Waals surface area contributed by atoms with Gasteiger partial charge in [-0.3, -0.25) is 4.79 Å². The Bertz CT molecular complexity index is 631. The molecule has 2 aromatic rings. The molecule has 2 rings (SSSR count). The quantitative estimate of drug-likeness (QED) is 0.833. The predicted octanol–water partition coefficient (Wildman–Crippen LogP) is 3.05. The van der Waals surface area contributed by atoms with Crippen LogP contribution in [0.25, 0.3) is 0 Å². The first-order valence-corrected chi connectivity index (χ1v) is 6.99. The summed E-state index contributed by atoms with van der Waals surface area (Å²) < 4.78 is 24.3. The Morgan fingerprint density at radius 1 is 1.23 bits per heavy atom. The highest BCUT2D eigenvalue weighted by Gasteiger charge is 2.13. The summed E-state index contributed by atoms with van der Waals surface area (Å²) in [4.78, 5) is 11.2. The molecule has 0 aliphatic heterocycles. The Morgan fingerprint density at radius 2 is 1.95 bits per heavy atom. The van der Waals surface area contributed by atoms with Crippen molar-refractivity contribution in [3.8, 4) is 11.5 Å². The Kier molecular flexibility index (Phi) is 5.49. The van der Waals surface area contributed by atoms with Crippen molar-refractivity contribution in [2.75, 3.05) is 6.54 Å². The molecule has 22 heavy (non-hydrogen) atoms. The van der Waals surface area contributed by atoms with E-state index in [1.54, 1.807) is 25.1 Å². The number of halogens is 1. The lowest BCUT2D eigenvalue weighted by molar-refractivity contribution is -0.146. The summed E-state index contributed by atoms with van der Waals surface area (Å²) in [6.45, 7) is 1.59. The summed E-state index contributed by atoms with van der Waals surface area (Å²) in [5, 5.41) is 0. The second-order valence-corrected chi connectivity index (χ2v) is 4.88. The van der Waals surface area contributed by atoms with Gasteiger partial charge in [0.15, 0.2) is 0 Å². The fourth-order valence-electron chi connectivity index (χ4n) is 2.03. The molecule has 1 unspecified atom stereocenters. The highest BCUT2D eigenvalue weighted by atomic mass is 19.1. The van der Waals surface area contributed by atoms with Gasteiger partial charge in [-0.2, -0.15) is 0 Å². The maximum atomic E-state index is 13.5. The van der Waals surface area contributed by atoms with Crippen molar-refractivity contribution in [2.24, 2.45) is 5.73 Å². The zero-order valence-electron chi connectivity index (χ0n) is 12.3. The minimum atomic E-state index is -0.472. The van der Waals surface area contributed by atoms with E-state index in [-0.39, 0.29) is 18.5 Å². The molecule has 1 atom stereocenters. The molecule has 0 saturated carbocycles. The van der Waals surface area contributed by atoms with E-state index in [1.165, 1.54) is 12.1 Å². The van der Waals surface area contributed by atoms with E-state index in [9.17, 15) is 9.18 Å². The highest BCUT2D eigenvalue weighted by molar-refractivity contribution is 5.71. The van der Waals surface area contributed by atoms with Crippen LogP contribution in [0.5, 0.6) is 11.5 Å². The lowest BCUT2D eigenvalue weighted by atomic mass is 10.1. The first-order chi connectivity index (χ1) is 10.6. The number of hydrogen-bond donors (Lipinski definition) is 1. The van der Waals surface area contributed by atoms with Gasteiger partial charge in [-0.25, -0.2) is 4.39 Å². The number of carbonyl (C=O) groups excluding carboxylic acids is 1. The third-order valence-corrected chi connectivity index (χ3v) is 3.01. The van der Waals surface area contributed by atoms with Gasteiger partial charge < -0.3 is 15.2 Å². The molecule has 0 saturated heterocycles. The Balaban J connectivity index is 2.15. The zero-order chi connectivity index (χ0) is 15.9. The van der Waals surface area contributed by atoms with E-state index in [1.807, 2.05) is 18.2 Å². The van der Waals surface area contributed by atoms with Crippen LogP contribution in [0.4, 0.5) is 4.39 Å². The molecular formula is C17H18FNO3. The monoisotopic (exact) mass is 303 g/mol. The van der Waals surface area contributed by atoms with Crippen molar-refractivity contribution in [3.63, 3.8) is 0 Å². The Morgan fingerprint density at radius 3 is 2.64 bits per heavy atom. The fraction of sp³-hybridized carbons (Fsp3) is 0.235. The summed E-state index contributed by atoms with van der Waals surface area (Å²) in [5.41, 5.74) is 5.97. The van der Waals surface area contributed by atoms with Crippen molar-refractivity contribution in [1.29, 1.82) is 0 Å². The van der Waals surface area contributed by atoms with Gasteiger partial charge in [0.05, 0.1) is 6.54 Å². The maximum Gasteiger partial charge on any atom is 0.319 e. The van der Waals surface area contributed by atoms with Crippen molar-refractivity contribution in [1.82, 2.24) is 0 Å². The van der Waals surface area contributed by atoms with Crippen LogP contribution in [0.2, 0.25) is 0 Å². The van der Waals surface area contributed by atoms with Gasteiger partial charge in [0.2, 0.25) is 0 Å². The first-order valence-electron chi connectivity index (χ1n) is 6.99. The van der Waals surface area contributed by atoms with Gasteiger partial charge >= 0.3 is 5.97 Å². The summed E-state index contributed by atoms with van der Waals surface area (Å²) in [7, 11) is 0. The SMILES string of the molecule is CC(Cc1ccc(F)cc1Oc1ccccc1)OC(=O)CN. The van der Waals surface area contributed by atoms with Crippen LogP contribution in [-0.2, 0) is 16.0 Å². The molecule has 0 aromatic heterocycles. The minimum Gasteiger partial charge on any atom is -0.461 e. The van der Waals surface area contributed by atoms with Crippen LogP contribution < -0.4 is 10.5 Å². The van der Waals surface area contributed by atoms with Crippen molar-refractivity contribution in [3.05, 3.63) is 59.9 Å². The van der Waals surface area contributed by atoms with Crippen molar-refractivity contribution >= 4 is 5.97 Å². The number of rotatable bonds is 6. The van der Waals surface area contributed by atoms with E-state index in [2.05, 4.69) is 0 Å². The van der Waals surface area contributed by atoms with Crippen LogP contribution in [0, 0.1) is 5.82 Å². The predicted molar refractivity (Wildman–Crippen MR) is 81.2 cm³/mol. The van der Waals surface area contributed by atoms with Crippen LogP contribution in [0.15, 0.2) is 48.5 Å². The van der Waals surface area contributed by atoms with Crippen LogP contribution in [0.1, 0.15) is 12.5 Å². The minimum absolute atomic E-state index is 0.166. The number of nitrogens with two attached hydrogens (primary N) is 1. The van der Waals surface area contributed by atoms with Gasteiger partial charge in [0, 0.05) is 12.5 Å². The van der Waals surface area contributed by atoms with Gasteiger partial charge in [-0.15, -0.1) is 0 Å². The van der Waals surface area contributed by atoms with Gasteiger partial charge in [0.25, 0.3) is 0 Å². The number of hydrogen-bond acceptors (Lipinski definition) is 4. The molecule has 0 aliphatic rings. The summed E-state index contributed by atoms with van der Waals surface area (Å²) in [6, 6.07) is 13.4. The second-order valence-electron chi connectivity index (χ2n) is 4.88. The van der Waals surface area contributed by atoms with Crippen LogP contribution in [-0.4, -0.2) is 18.6 Å². The molecule has 0 amide bonds. The molecule has 0 aliphatic carbocycles. The zero-order valence-corrected chi connectivity index (χ0v) is 12.3. The normalized spacial score (nSPS) is 11.8. The van der Waals surface area contributed by atoms with Crippen LogP contribution in [0.3, 0.4) is 0 Å². The average molecular weight is 303 g/mol. The van der Waals surface area contributed by atoms with Gasteiger partial charge in [-0.1, -0.05) is 24.3 Å². The summed E-state index contributed by atoms with van der Waals surface area (Å²) in [6.07, 6.45) is 0.0356. The van der Waals surface area contributed by atoms with Gasteiger partial charge in [0.1, 0.15) is 23.4 Å². The third-order valence-electron chi connectivity index (χ3n) is 3.01. The maximum absolute atomic E-state index is 13.5. The molecule has 2 N–H and O–H groups in total. The average Bonchev–Trinajstić information content (AvgIpc) is 2.51. The molecule has 116 valence electrons. The molecular weight excluding hydrogens is 285 g/mol. The van der Waals surface area contributed by atoms with Crippen molar-refractivity contribution < 1.29 is 18.7 Å². The van der Waals surface area contributed by atoms with E-state index in [0.29, 0.717) is 17.9 Å². The van der Waals surface area contributed by atoms with Gasteiger partial charge in [-0.05, 0) is 30.7 Å². The Hall–Kier alpha value is -2.40. The number of carbonyl (C=O) groups is 1. The first kappa shape index (κ1) is 16.0. The summed E-state index contributed by atoms with van der Waals surface area (Å²) in [5.74, 6) is 0.157. The topological polar surface area (TPSA) is 61.5 Å². The smallest absolute Gasteiger partial charge is 0.319 e. The lowest BCUT2D eigenvalue weighted by Crippen LogP contribution is -2.23. The third kappa shape index (κ3) is 4.56. The molecule has 5 heteroatoms. The lowest BCUT2D eigenvalue weighted by Gasteiger charge is -2.16. The molecule has 4 nitrogen and oxygen atoms in total. The van der Waals surface area contributed by atoms with Crippen LogP contribution >= 0.6 is 0 Å². The molecule has 0 fully saturated rings. The van der Waals surface area contributed by atoms with E-state index < -0.39 is 5.97 Å². The van der Waals surface area contributed by atoms with E-state index in [0.717, 1.165) is 5.56 Å². The second kappa shape index (κ2) is 7.56. The number of ether oxygens (including phenoxy) is 2. The number of benzene rings is 2. The van der Waals surface area contributed by atoms with E-state index in [4.69, 9.17) is 15.2 Å². The standard InChI is InChI=1S/C17H18FNO3/c1-12(21-17(20)11-19)9-13-7-8-14(18)10-16(13)22-15-5-3-2-4-6-15/h2-8,10,12H,9,11,19H2,1H3. The number of esters is 1. The van der Waals surface area contributed by atoms with Crippen molar-refractivity contribution in [2.45, 2.75) is 19.4 Å². The Labute approximate surface area is 128 Å². The fourth-order valence-corrected chi connectivity index (χ4v) is 2.03.